The van der Waals surface area contributed by atoms with Gasteiger partial charge in [0.25, 0.3) is 11.7 Å². The van der Waals surface area contributed by atoms with E-state index in [0.717, 1.165) is 36.9 Å². The van der Waals surface area contributed by atoms with Crippen LogP contribution in [0.15, 0.2) is 18.2 Å². The Hall–Kier alpha value is -1.90. The largest absolute Gasteiger partial charge is 0.338 e. The Kier molecular flexibility index (Phi) is 4.14. The summed E-state index contributed by atoms with van der Waals surface area (Å²) in [6.07, 6.45) is 3.96. The predicted octanol–water partition coefficient (Wildman–Crippen LogP) is 2.49. The average molecular weight is 300 g/mol. The number of carbonyl (C=O) groups excluding carboxylic acids is 1. The van der Waals surface area contributed by atoms with Gasteiger partial charge in [0.2, 0.25) is 0 Å². The van der Waals surface area contributed by atoms with Crippen molar-refractivity contribution in [3.63, 3.8) is 0 Å². The fraction of sp³-hybridized carbons (Fsp3) is 0.529. The molecular weight excluding hydrogens is 280 g/mol. The maximum atomic E-state index is 12.8. The Balaban J connectivity index is 2.04. The lowest BCUT2D eigenvalue weighted by atomic mass is 10.00. The molecule has 1 saturated heterocycles. The highest BCUT2D eigenvalue weighted by atomic mass is 16.7. The lowest BCUT2D eigenvalue weighted by Gasteiger charge is -2.32. The second kappa shape index (κ2) is 6.07. The monoisotopic (exact) mass is 300 g/mol. The molecule has 0 unspecified atom stereocenters. The molecule has 0 radical (unpaired) electrons. The molecule has 1 fully saturated rings. The van der Waals surface area contributed by atoms with Crippen molar-refractivity contribution in [2.45, 2.75) is 38.4 Å². The number of aryl methyl sites for hydroxylation is 1. The van der Waals surface area contributed by atoms with Gasteiger partial charge in [0.05, 0.1) is 25.0 Å². The van der Waals surface area contributed by atoms with E-state index in [2.05, 4.69) is 6.92 Å². The van der Waals surface area contributed by atoms with Crippen LogP contribution in [-0.4, -0.2) is 25.7 Å². The first-order valence-corrected chi connectivity index (χ1v) is 7.83. The minimum Gasteiger partial charge on any atom is -0.338 e. The molecule has 0 aliphatic carbocycles. The van der Waals surface area contributed by atoms with Gasteiger partial charge in [-0.05, 0) is 37.0 Å². The Bertz CT molecular complexity index is 615. The number of amides is 1. The van der Waals surface area contributed by atoms with Crippen molar-refractivity contribution in [3.8, 4) is 6.07 Å². The Morgan fingerprint density at radius 3 is 2.82 bits per heavy atom. The maximum Gasteiger partial charge on any atom is 0.293 e. The number of hydrogen-bond acceptors (Lipinski definition) is 4. The number of carbonyl (C=O) groups is 1. The fourth-order valence-electron chi connectivity index (χ4n) is 3.06. The van der Waals surface area contributed by atoms with Gasteiger partial charge in [0, 0.05) is 5.56 Å². The molecule has 0 aromatic heterocycles. The summed E-state index contributed by atoms with van der Waals surface area (Å²) in [7, 11) is 0. The van der Waals surface area contributed by atoms with E-state index in [9.17, 15) is 4.79 Å². The highest BCUT2D eigenvalue weighted by molar-refractivity contribution is 6.06. The van der Waals surface area contributed by atoms with Crippen LogP contribution in [0.2, 0.25) is 0 Å². The standard InChI is InChI=1S/C17H20N2O3/c1-2-3-5-13-6-7-15-14(12-13)17(21-10-4-11-22-17)16(20)19(15)9-8-18/h6-7,12H,2-5,9-11H2,1H3. The molecule has 0 saturated carbocycles. The molecular formula is C17H20N2O3. The lowest BCUT2D eigenvalue weighted by Crippen LogP contribution is -2.47. The van der Waals surface area contributed by atoms with E-state index in [4.69, 9.17) is 14.7 Å². The molecule has 1 aromatic carbocycles. The third-order valence-corrected chi connectivity index (χ3v) is 4.18. The van der Waals surface area contributed by atoms with Gasteiger partial charge < -0.3 is 9.47 Å². The van der Waals surface area contributed by atoms with E-state index in [-0.39, 0.29) is 12.5 Å². The first-order chi connectivity index (χ1) is 10.7. The first kappa shape index (κ1) is 15.0. The molecule has 1 aromatic rings. The quantitative estimate of drug-likeness (QED) is 0.801. The minimum absolute atomic E-state index is 0.00854. The van der Waals surface area contributed by atoms with Crippen LogP contribution in [-0.2, 0) is 26.5 Å². The summed E-state index contributed by atoms with van der Waals surface area (Å²) in [6, 6.07) is 7.98. The molecule has 0 atom stereocenters. The molecule has 0 N–H and O–H groups in total. The number of hydrogen-bond donors (Lipinski definition) is 0. The Morgan fingerprint density at radius 2 is 2.14 bits per heavy atom. The summed E-state index contributed by atoms with van der Waals surface area (Å²) >= 11 is 0. The molecule has 1 amide bonds. The van der Waals surface area contributed by atoms with Gasteiger partial charge in [-0.1, -0.05) is 19.4 Å². The average Bonchev–Trinajstić information content (AvgIpc) is 2.77. The molecule has 1 spiro atoms. The van der Waals surface area contributed by atoms with Gasteiger partial charge in [-0.25, -0.2) is 0 Å². The zero-order valence-corrected chi connectivity index (χ0v) is 12.8. The second-order valence-corrected chi connectivity index (χ2v) is 5.67. The van der Waals surface area contributed by atoms with Gasteiger partial charge in [0.15, 0.2) is 0 Å². The van der Waals surface area contributed by atoms with Crippen molar-refractivity contribution >= 4 is 11.6 Å². The molecule has 5 heteroatoms. The summed E-state index contributed by atoms with van der Waals surface area (Å²) < 4.78 is 11.6. The fourth-order valence-corrected chi connectivity index (χ4v) is 3.06. The van der Waals surface area contributed by atoms with Crippen molar-refractivity contribution in [1.82, 2.24) is 0 Å². The number of nitrogens with zero attached hydrogens (tertiary/aromatic N) is 2. The van der Waals surface area contributed by atoms with Crippen LogP contribution in [0.4, 0.5) is 5.69 Å². The number of unbranched alkanes of at least 4 members (excludes halogenated alkanes) is 1. The zero-order valence-electron chi connectivity index (χ0n) is 12.8. The van der Waals surface area contributed by atoms with Crippen molar-refractivity contribution < 1.29 is 14.3 Å². The molecule has 22 heavy (non-hydrogen) atoms. The van der Waals surface area contributed by atoms with Crippen LogP contribution in [0.1, 0.15) is 37.3 Å². The lowest BCUT2D eigenvalue weighted by molar-refractivity contribution is -0.256. The summed E-state index contributed by atoms with van der Waals surface area (Å²) in [6.45, 7) is 3.14. The molecule has 2 aliphatic heterocycles. The van der Waals surface area contributed by atoms with Crippen molar-refractivity contribution in [2.24, 2.45) is 0 Å². The highest BCUT2D eigenvalue weighted by Crippen LogP contribution is 2.45. The molecule has 2 heterocycles. The normalized spacial score (nSPS) is 19.3. The van der Waals surface area contributed by atoms with Crippen LogP contribution in [0, 0.1) is 11.3 Å². The summed E-state index contributed by atoms with van der Waals surface area (Å²) in [4.78, 5) is 14.2. The molecule has 2 aliphatic rings. The number of nitriles is 1. The zero-order chi connectivity index (χ0) is 15.6. The first-order valence-electron chi connectivity index (χ1n) is 7.83. The summed E-state index contributed by atoms with van der Waals surface area (Å²) in [5, 5.41) is 9.00. The molecule has 0 bridgehead atoms. The van der Waals surface area contributed by atoms with Crippen molar-refractivity contribution in [1.29, 1.82) is 5.26 Å². The van der Waals surface area contributed by atoms with E-state index in [0.29, 0.717) is 13.2 Å². The van der Waals surface area contributed by atoms with Crippen molar-refractivity contribution in [2.75, 3.05) is 24.7 Å². The van der Waals surface area contributed by atoms with E-state index < -0.39 is 5.79 Å². The van der Waals surface area contributed by atoms with Gasteiger partial charge in [-0.2, -0.15) is 5.26 Å². The third-order valence-electron chi connectivity index (χ3n) is 4.18. The van der Waals surface area contributed by atoms with E-state index in [1.165, 1.54) is 10.5 Å². The van der Waals surface area contributed by atoms with Crippen molar-refractivity contribution in [3.05, 3.63) is 29.3 Å². The van der Waals surface area contributed by atoms with Gasteiger partial charge in [-0.3, -0.25) is 9.69 Å². The topological polar surface area (TPSA) is 62.6 Å². The van der Waals surface area contributed by atoms with Gasteiger partial charge in [-0.15, -0.1) is 0 Å². The number of benzene rings is 1. The second-order valence-electron chi connectivity index (χ2n) is 5.67. The number of fused-ring (bicyclic) bond motifs is 2. The minimum atomic E-state index is -1.34. The van der Waals surface area contributed by atoms with Crippen LogP contribution >= 0.6 is 0 Å². The SMILES string of the molecule is CCCCc1ccc2c(c1)C1(OCCCO1)C(=O)N2CC#N. The number of rotatable bonds is 4. The van der Waals surface area contributed by atoms with E-state index in [1.54, 1.807) is 0 Å². The van der Waals surface area contributed by atoms with Crippen LogP contribution in [0.5, 0.6) is 0 Å². The number of anilines is 1. The van der Waals surface area contributed by atoms with Gasteiger partial charge in [0.1, 0.15) is 6.54 Å². The summed E-state index contributed by atoms with van der Waals surface area (Å²) in [5.74, 6) is -1.62. The maximum absolute atomic E-state index is 12.8. The Labute approximate surface area is 130 Å². The van der Waals surface area contributed by atoms with Crippen LogP contribution < -0.4 is 4.90 Å². The summed E-state index contributed by atoms with van der Waals surface area (Å²) in [5.41, 5.74) is 2.65. The van der Waals surface area contributed by atoms with Gasteiger partial charge >= 0.3 is 0 Å². The Morgan fingerprint density at radius 1 is 1.36 bits per heavy atom. The molecule has 3 rings (SSSR count). The predicted molar refractivity (Wildman–Crippen MR) is 81.2 cm³/mol. The molecule has 5 nitrogen and oxygen atoms in total. The van der Waals surface area contributed by atoms with Crippen LogP contribution in [0.3, 0.4) is 0 Å². The third kappa shape index (κ3) is 2.29. The highest BCUT2D eigenvalue weighted by Gasteiger charge is 2.54. The molecule has 116 valence electrons. The smallest absolute Gasteiger partial charge is 0.293 e. The van der Waals surface area contributed by atoms with Crippen LogP contribution in [0.25, 0.3) is 0 Å². The van der Waals surface area contributed by atoms with E-state index in [1.807, 2.05) is 24.3 Å². The van der Waals surface area contributed by atoms with E-state index >= 15 is 0 Å². The number of ether oxygens (including phenoxy) is 2.